The monoisotopic (exact) mass is 238 g/mol. The van der Waals surface area contributed by atoms with Crippen LogP contribution in [-0.2, 0) is 0 Å². The predicted molar refractivity (Wildman–Crippen MR) is 72.8 cm³/mol. The average molecular weight is 238 g/mol. The van der Waals surface area contributed by atoms with E-state index in [0.29, 0.717) is 0 Å². The van der Waals surface area contributed by atoms with Crippen molar-refractivity contribution >= 4 is 0 Å². The smallest absolute Gasteiger partial charge is 0.0868 e. The van der Waals surface area contributed by atoms with E-state index in [4.69, 9.17) is 0 Å². The van der Waals surface area contributed by atoms with Crippen molar-refractivity contribution in [2.24, 2.45) is 5.41 Å². The molecule has 2 N–H and O–H groups in total. The van der Waals surface area contributed by atoms with Gasteiger partial charge < -0.3 is 10.2 Å². The minimum absolute atomic E-state index is 0.589. The van der Waals surface area contributed by atoms with Crippen molar-refractivity contribution in [2.45, 2.75) is 53.2 Å². The van der Waals surface area contributed by atoms with Gasteiger partial charge in [-0.1, -0.05) is 58.0 Å². The zero-order valence-corrected chi connectivity index (χ0v) is 11.9. The number of hydrogen-bond acceptors (Lipinski definition) is 2. The summed E-state index contributed by atoms with van der Waals surface area (Å²) in [6, 6.07) is 9.43. The van der Waals surface area contributed by atoms with E-state index < -0.39 is 17.1 Å². The average Bonchev–Trinajstić information content (AvgIpc) is 2.30. The van der Waals surface area contributed by atoms with Gasteiger partial charge in [-0.05, 0) is 19.4 Å². The van der Waals surface area contributed by atoms with Gasteiger partial charge in [0.05, 0.1) is 11.7 Å². The molecule has 0 spiro atoms. The van der Waals surface area contributed by atoms with Crippen LogP contribution in [0.15, 0.2) is 30.3 Å². The fourth-order valence-electron chi connectivity index (χ4n) is 1.39. The van der Waals surface area contributed by atoms with Crippen LogP contribution in [0, 0.1) is 5.41 Å². The minimum Gasteiger partial charge on any atom is -0.390 e. The fraction of sp³-hybridized carbons (Fsp3) is 0.600. The molecule has 0 aliphatic carbocycles. The van der Waals surface area contributed by atoms with Crippen molar-refractivity contribution < 1.29 is 10.2 Å². The van der Waals surface area contributed by atoms with Gasteiger partial charge in [0.2, 0.25) is 0 Å². The molecule has 0 heterocycles. The fourth-order valence-corrected chi connectivity index (χ4v) is 1.39. The SMILES string of the molecule is CC.CC(C)(O)C(C)(C)C(O)c1ccccc1. The Labute approximate surface area is 105 Å². The lowest BCUT2D eigenvalue weighted by molar-refractivity contribution is -0.105. The Balaban J connectivity index is 0.00000121. The first kappa shape index (κ1) is 16.1. The Hall–Kier alpha value is -0.860. The molecule has 0 aliphatic rings. The second-order valence-electron chi connectivity index (χ2n) is 5.09. The molecular formula is C15H26O2. The quantitative estimate of drug-likeness (QED) is 0.845. The van der Waals surface area contributed by atoms with Crippen LogP contribution in [0.3, 0.4) is 0 Å². The molecule has 0 amide bonds. The van der Waals surface area contributed by atoms with Crippen LogP contribution < -0.4 is 0 Å². The molecule has 0 radical (unpaired) electrons. The Kier molecular flexibility index (Phi) is 5.86. The van der Waals surface area contributed by atoms with E-state index in [2.05, 4.69) is 0 Å². The second kappa shape index (κ2) is 6.18. The zero-order chi connectivity index (χ0) is 13.7. The van der Waals surface area contributed by atoms with Crippen LogP contribution in [-0.4, -0.2) is 15.8 Å². The molecule has 98 valence electrons. The lowest BCUT2D eigenvalue weighted by atomic mass is 9.71. The van der Waals surface area contributed by atoms with E-state index in [1.165, 1.54) is 0 Å². The van der Waals surface area contributed by atoms with Gasteiger partial charge in [-0.25, -0.2) is 0 Å². The molecule has 1 atom stereocenters. The topological polar surface area (TPSA) is 40.5 Å². The van der Waals surface area contributed by atoms with Crippen molar-refractivity contribution in [1.82, 2.24) is 0 Å². The second-order valence-corrected chi connectivity index (χ2v) is 5.09. The Morgan fingerprint density at radius 1 is 0.941 bits per heavy atom. The maximum atomic E-state index is 10.2. The van der Waals surface area contributed by atoms with E-state index in [1.807, 2.05) is 58.0 Å². The molecule has 1 unspecified atom stereocenters. The van der Waals surface area contributed by atoms with Gasteiger partial charge in [0.1, 0.15) is 0 Å². The lowest BCUT2D eigenvalue weighted by Crippen LogP contribution is -2.43. The highest BCUT2D eigenvalue weighted by Crippen LogP contribution is 2.41. The third-order valence-electron chi connectivity index (χ3n) is 3.38. The summed E-state index contributed by atoms with van der Waals surface area (Å²) in [5.41, 5.74) is -0.680. The summed E-state index contributed by atoms with van der Waals surface area (Å²) < 4.78 is 0. The van der Waals surface area contributed by atoms with Crippen LogP contribution >= 0.6 is 0 Å². The minimum atomic E-state index is -0.928. The summed E-state index contributed by atoms with van der Waals surface area (Å²) in [6.07, 6.45) is -0.668. The maximum Gasteiger partial charge on any atom is 0.0868 e. The molecule has 0 fully saturated rings. The van der Waals surface area contributed by atoms with E-state index in [9.17, 15) is 10.2 Å². The van der Waals surface area contributed by atoms with E-state index >= 15 is 0 Å². The van der Waals surface area contributed by atoms with Gasteiger partial charge in [0.15, 0.2) is 0 Å². The first-order valence-corrected chi connectivity index (χ1v) is 6.22. The predicted octanol–water partition coefficient (Wildman–Crippen LogP) is 3.54. The van der Waals surface area contributed by atoms with E-state index in [0.717, 1.165) is 5.56 Å². The van der Waals surface area contributed by atoms with Gasteiger partial charge in [-0.3, -0.25) is 0 Å². The Bertz CT molecular complexity index is 309. The third kappa shape index (κ3) is 3.83. The van der Waals surface area contributed by atoms with Gasteiger partial charge >= 0.3 is 0 Å². The highest BCUT2D eigenvalue weighted by molar-refractivity contribution is 5.20. The standard InChI is InChI=1S/C13H20O2.C2H6/c1-12(2,13(3,4)15)11(14)10-8-6-5-7-9-10;1-2/h5-9,11,14-15H,1-4H3;1-2H3. The number of hydrogen-bond donors (Lipinski definition) is 2. The van der Waals surface area contributed by atoms with Crippen molar-refractivity contribution in [1.29, 1.82) is 0 Å². The van der Waals surface area contributed by atoms with Crippen LogP contribution in [0.5, 0.6) is 0 Å². The molecule has 1 aromatic rings. The summed E-state index contributed by atoms with van der Waals surface area (Å²) in [5.74, 6) is 0. The van der Waals surface area contributed by atoms with Crippen LogP contribution in [0.1, 0.15) is 53.2 Å². The maximum absolute atomic E-state index is 10.2. The van der Waals surface area contributed by atoms with Crippen LogP contribution in [0.2, 0.25) is 0 Å². The summed E-state index contributed by atoms with van der Waals surface area (Å²) in [6.45, 7) is 11.2. The van der Waals surface area contributed by atoms with Gasteiger partial charge in [0, 0.05) is 5.41 Å². The molecule has 1 rings (SSSR count). The van der Waals surface area contributed by atoms with Crippen LogP contribution in [0.4, 0.5) is 0 Å². The lowest BCUT2D eigenvalue weighted by Gasteiger charge is -2.41. The molecule has 2 heteroatoms. The first-order chi connectivity index (χ1) is 7.77. The summed E-state index contributed by atoms with van der Waals surface area (Å²) in [4.78, 5) is 0. The van der Waals surface area contributed by atoms with Crippen molar-refractivity contribution in [2.75, 3.05) is 0 Å². The molecule has 0 aliphatic heterocycles. The molecule has 0 saturated heterocycles. The van der Waals surface area contributed by atoms with Crippen molar-refractivity contribution in [3.8, 4) is 0 Å². The zero-order valence-electron chi connectivity index (χ0n) is 11.9. The van der Waals surface area contributed by atoms with Gasteiger partial charge in [0.25, 0.3) is 0 Å². The first-order valence-electron chi connectivity index (χ1n) is 6.22. The molecule has 0 saturated carbocycles. The third-order valence-corrected chi connectivity index (χ3v) is 3.38. The van der Waals surface area contributed by atoms with Crippen LogP contribution in [0.25, 0.3) is 0 Å². The Morgan fingerprint density at radius 3 is 1.71 bits per heavy atom. The molecular weight excluding hydrogens is 212 g/mol. The summed E-state index contributed by atoms with van der Waals surface area (Å²) >= 11 is 0. The molecule has 2 nitrogen and oxygen atoms in total. The molecule has 0 aromatic heterocycles. The summed E-state index contributed by atoms with van der Waals surface area (Å²) in [5, 5.41) is 20.2. The largest absolute Gasteiger partial charge is 0.390 e. The molecule has 17 heavy (non-hydrogen) atoms. The molecule has 1 aromatic carbocycles. The van der Waals surface area contributed by atoms with Crippen molar-refractivity contribution in [3.05, 3.63) is 35.9 Å². The normalized spacial score (nSPS) is 13.6. The number of rotatable bonds is 3. The van der Waals surface area contributed by atoms with Gasteiger partial charge in [-0.15, -0.1) is 0 Å². The highest BCUT2D eigenvalue weighted by atomic mass is 16.3. The Morgan fingerprint density at radius 2 is 1.35 bits per heavy atom. The number of aliphatic hydroxyl groups excluding tert-OH is 1. The molecule has 0 bridgehead atoms. The van der Waals surface area contributed by atoms with E-state index in [-0.39, 0.29) is 0 Å². The summed E-state index contributed by atoms with van der Waals surface area (Å²) in [7, 11) is 0. The van der Waals surface area contributed by atoms with E-state index in [1.54, 1.807) is 13.8 Å². The highest BCUT2D eigenvalue weighted by Gasteiger charge is 2.41. The number of aliphatic hydroxyl groups is 2. The van der Waals surface area contributed by atoms with Crippen molar-refractivity contribution in [3.63, 3.8) is 0 Å². The number of benzene rings is 1. The van der Waals surface area contributed by atoms with Gasteiger partial charge in [-0.2, -0.15) is 0 Å².